The van der Waals surface area contributed by atoms with Crippen LogP contribution in [-0.4, -0.2) is 47.4 Å². The first-order chi connectivity index (χ1) is 11.4. The van der Waals surface area contributed by atoms with E-state index in [2.05, 4.69) is 5.16 Å². The van der Waals surface area contributed by atoms with Crippen molar-refractivity contribution in [2.75, 3.05) is 13.7 Å². The Bertz CT molecular complexity index is 604. The van der Waals surface area contributed by atoms with Crippen molar-refractivity contribution in [3.63, 3.8) is 0 Å². The van der Waals surface area contributed by atoms with Crippen molar-refractivity contribution in [1.29, 1.82) is 0 Å². The van der Waals surface area contributed by atoms with Crippen LogP contribution < -0.4 is 5.73 Å². The Labute approximate surface area is 148 Å². The van der Waals surface area contributed by atoms with Crippen LogP contribution >= 0.6 is 0 Å². The molecule has 0 fully saturated rings. The predicted octanol–water partition coefficient (Wildman–Crippen LogP) is 2.21. The summed E-state index contributed by atoms with van der Waals surface area (Å²) in [6.45, 7) is 11.0. The molecule has 1 rings (SSSR count). The largest absolute Gasteiger partial charge is 0.465 e. The van der Waals surface area contributed by atoms with Crippen LogP contribution in [0.15, 0.2) is 10.6 Å². The number of carbonyl (C=O) groups excluding carboxylic acids is 2. The quantitative estimate of drug-likeness (QED) is 0.779. The second-order valence-electron chi connectivity index (χ2n) is 7.34. The third kappa shape index (κ3) is 5.74. The maximum Gasteiger partial charge on any atom is 0.410 e. The summed E-state index contributed by atoms with van der Waals surface area (Å²) in [5, 5.41) is 4.01. The van der Waals surface area contributed by atoms with Gasteiger partial charge in [-0.2, -0.15) is 0 Å². The van der Waals surface area contributed by atoms with Crippen molar-refractivity contribution < 1.29 is 23.6 Å². The number of nitrogens with zero attached hydrogens (tertiary/aromatic N) is 2. The number of rotatable bonds is 6. The molecule has 0 saturated heterocycles. The van der Waals surface area contributed by atoms with E-state index in [0.717, 1.165) is 0 Å². The average molecular weight is 355 g/mol. The molecule has 2 N–H and O–H groups in total. The van der Waals surface area contributed by atoms with Crippen molar-refractivity contribution in [3.8, 4) is 0 Å². The van der Waals surface area contributed by atoms with E-state index in [1.807, 2.05) is 13.8 Å². The zero-order valence-corrected chi connectivity index (χ0v) is 16.1. The van der Waals surface area contributed by atoms with Crippen molar-refractivity contribution in [2.45, 2.75) is 65.1 Å². The summed E-state index contributed by atoms with van der Waals surface area (Å²) in [5.41, 5.74) is 4.96. The van der Waals surface area contributed by atoms with E-state index >= 15 is 0 Å². The lowest BCUT2D eigenvalue weighted by atomic mass is 9.98. The monoisotopic (exact) mass is 355 g/mol. The Kier molecular flexibility index (Phi) is 6.59. The maximum absolute atomic E-state index is 12.3. The van der Waals surface area contributed by atoms with Gasteiger partial charge >= 0.3 is 12.1 Å². The summed E-state index contributed by atoms with van der Waals surface area (Å²) in [4.78, 5) is 25.3. The van der Waals surface area contributed by atoms with Crippen LogP contribution in [0.2, 0.25) is 0 Å². The highest BCUT2D eigenvalue weighted by Gasteiger charge is 2.35. The molecule has 8 nitrogen and oxygen atoms in total. The Morgan fingerprint density at radius 2 is 1.92 bits per heavy atom. The highest BCUT2D eigenvalue weighted by molar-refractivity contribution is 5.75. The molecule has 0 spiro atoms. The van der Waals surface area contributed by atoms with Crippen molar-refractivity contribution >= 4 is 12.1 Å². The minimum absolute atomic E-state index is 0.165. The van der Waals surface area contributed by atoms with E-state index in [0.29, 0.717) is 11.5 Å². The topological polar surface area (TPSA) is 108 Å². The van der Waals surface area contributed by atoms with Crippen molar-refractivity contribution in [2.24, 2.45) is 5.73 Å². The molecule has 0 radical (unpaired) electrons. The van der Waals surface area contributed by atoms with E-state index in [4.69, 9.17) is 19.7 Å². The second kappa shape index (κ2) is 7.86. The zero-order valence-electron chi connectivity index (χ0n) is 16.1. The molecular weight excluding hydrogens is 326 g/mol. The van der Waals surface area contributed by atoms with Gasteiger partial charge in [-0.1, -0.05) is 5.16 Å². The molecule has 0 aromatic carbocycles. The van der Waals surface area contributed by atoms with Gasteiger partial charge in [0.15, 0.2) is 0 Å². The van der Waals surface area contributed by atoms with Crippen LogP contribution in [0.5, 0.6) is 0 Å². The molecule has 1 aromatic rings. The molecule has 25 heavy (non-hydrogen) atoms. The molecule has 8 heteroatoms. The lowest BCUT2D eigenvalue weighted by molar-refractivity contribution is -0.144. The summed E-state index contributed by atoms with van der Waals surface area (Å²) in [7, 11) is 1.63. The summed E-state index contributed by atoms with van der Waals surface area (Å²) < 4.78 is 15.5. The highest BCUT2D eigenvalue weighted by Crippen LogP contribution is 2.28. The summed E-state index contributed by atoms with van der Waals surface area (Å²) in [5.74, 6) is -0.0493. The molecule has 142 valence electrons. The van der Waals surface area contributed by atoms with Gasteiger partial charge in [0.1, 0.15) is 23.1 Å². The van der Waals surface area contributed by atoms with Crippen LogP contribution in [0.1, 0.15) is 53.0 Å². The van der Waals surface area contributed by atoms with Crippen molar-refractivity contribution in [3.05, 3.63) is 17.5 Å². The first-order valence-electron chi connectivity index (χ1n) is 8.23. The fourth-order valence-corrected chi connectivity index (χ4v) is 1.98. The molecule has 0 aliphatic rings. The van der Waals surface area contributed by atoms with Gasteiger partial charge in [0.05, 0.1) is 12.1 Å². The van der Waals surface area contributed by atoms with Gasteiger partial charge in [0, 0.05) is 19.5 Å². The average Bonchev–Trinajstić information content (AvgIpc) is 2.94. The number of esters is 1. The molecule has 1 aromatic heterocycles. The van der Waals surface area contributed by atoms with Crippen LogP contribution in [0, 0.1) is 0 Å². The van der Waals surface area contributed by atoms with Gasteiger partial charge in [-0.25, -0.2) is 4.79 Å². The minimum Gasteiger partial charge on any atom is -0.465 e. The lowest BCUT2D eigenvalue weighted by Crippen LogP contribution is -2.45. The highest BCUT2D eigenvalue weighted by atomic mass is 16.6. The van der Waals surface area contributed by atoms with Gasteiger partial charge in [-0.05, 0) is 41.5 Å². The Morgan fingerprint density at radius 3 is 2.44 bits per heavy atom. The first-order valence-corrected chi connectivity index (χ1v) is 8.23. The van der Waals surface area contributed by atoms with Crippen LogP contribution in [0.25, 0.3) is 0 Å². The van der Waals surface area contributed by atoms with Gasteiger partial charge in [0.2, 0.25) is 0 Å². The van der Waals surface area contributed by atoms with Gasteiger partial charge in [-0.15, -0.1) is 0 Å². The molecule has 0 saturated carbocycles. The smallest absolute Gasteiger partial charge is 0.410 e. The molecule has 1 heterocycles. The zero-order chi connectivity index (χ0) is 19.4. The lowest BCUT2D eigenvalue weighted by Gasteiger charge is -2.35. The van der Waals surface area contributed by atoms with E-state index in [-0.39, 0.29) is 13.0 Å². The minimum atomic E-state index is -0.826. The summed E-state index contributed by atoms with van der Waals surface area (Å²) >= 11 is 0. The number of hydrogen-bond acceptors (Lipinski definition) is 7. The molecule has 1 amide bonds. The maximum atomic E-state index is 12.3. The van der Waals surface area contributed by atoms with Crippen LogP contribution in [0.3, 0.4) is 0 Å². The summed E-state index contributed by atoms with van der Waals surface area (Å²) in [6.07, 6.45) is -0.303. The molecule has 0 aliphatic heterocycles. The number of nitrogens with two attached hydrogens (primary N) is 1. The standard InChI is InChI=1S/C17H29N3O5/c1-8-23-14(21)12(18)9-11-10-13(19-25-11)17(5,6)20(7)15(22)24-16(2,3)4/h10,12H,8-9,18H2,1-7H3. The Hall–Kier alpha value is -2.09. The fraction of sp³-hybridized carbons (Fsp3) is 0.706. The van der Waals surface area contributed by atoms with Gasteiger partial charge in [-0.3, -0.25) is 4.79 Å². The number of carbonyl (C=O) groups is 2. The Balaban J connectivity index is 2.85. The van der Waals surface area contributed by atoms with E-state index < -0.39 is 29.2 Å². The predicted molar refractivity (Wildman–Crippen MR) is 91.8 cm³/mol. The number of hydrogen-bond donors (Lipinski definition) is 1. The van der Waals surface area contributed by atoms with E-state index in [1.54, 1.807) is 40.8 Å². The molecule has 1 atom stereocenters. The fourth-order valence-electron chi connectivity index (χ4n) is 1.98. The van der Waals surface area contributed by atoms with Crippen molar-refractivity contribution in [1.82, 2.24) is 10.1 Å². The van der Waals surface area contributed by atoms with Gasteiger partial charge in [0.25, 0.3) is 0 Å². The second-order valence-corrected chi connectivity index (χ2v) is 7.34. The third-order valence-corrected chi connectivity index (χ3v) is 3.70. The van der Waals surface area contributed by atoms with Crippen LogP contribution in [-0.2, 0) is 26.2 Å². The molecule has 0 bridgehead atoms. The normalized spacial score (nSPS) is 13.3. The third-order valence-electron chi connectivity index (χ3n) is 3.70. The summed E-state index contributed by atoms with van der Waals surface area (Å²) in [6, 6.07) is 0.854. The molecule has 1 unspecified atom stereocenters. The number of amides is 1. The number of aromatic nitrogens is 1. The Morgan fingerprint density at radius 1 is 1.32 bits per heavy atom. The number of ether oxygens (including phenoxy) is 2. The van der Waals surface area contributed by atoms with Gasteiger partial charge < -0.3 is 24.6 Å². The SMILES string of the molecule is CCOC(=O)C(N)Cc1cc(C(C)(C)N(C)C(=O)OC(C)(C)C)no1. The molecular formula is C17H29N3O5. The first kappa shape index (κ1) is 21.0. The molecule has 0 aliphatic carbocycles. The van der Waals surface area contributed by atoms with E-state index in [9.17, 15) is 9.59 Å². The van der Waals surface area contributed by atoms with Crippen LogP contribution in [0.4, 0.5) is 4.79 Å². The van der Waals surface area contributed by atoms with E-state index in [1.165, 1.54) is 4.90 Å².